The third-order valence-corrected chi connectivity index (χ3v) is 3.16. The molecule has 3 rings (SSSR count). The molecule has 0 radical (unpaired) electrons. The lowest BCUT2D eigenvalue weighted by Gasteiger charge is -2.06. The van der Waals surface area contributed by atoms with E-state index in [2.05, 4.69) is 10.2 Å². The van der Waals surface area contributed by atoms with Crippen LogP contribution in [0.1, 0.15) is 5.76 Å². The van der Waals surface area contributed by atoms with Crippen LogP contribution >= 0.6 is 12.2 Å². The Morgan fingerprint density at radius 2 is 2.10 bits per heavy atom. The fourth-order valence-electron chi connectivity index (χ4n) is 1.90. The zero-order valence-electron chi connectivity index (χ0n) is 10.1. The quantitative estimate of drug-likeness (QED) is 0.751. The number of nitrogens with one attached hydrogen (secondary N) is 1. The van der Waals surface area contributed by atoms with Gasteiger partial charge in [0.1, 0.15) is 5.76 Å². The molecule has 0 bridgehead atoms. The molecule has 0 unspecified atom stereocenters. The lowest BCUT2D eigenvalue weighted by Crippen LogP contribution is -2.03. The van der Waals surface area contributed by atoms with Gasteiger partial charge in [-0.05, 0) is 36.5 Å². The number of H-pyrrole nitrogens is 1. The first-order valence-corrected chi connectivity index (χ1v) is 6.19. The van der Waals surface area contributed by atoms with E-state index in [1.165, 1.54) is 18.4 Å². The molecule has 7 heteroatoms. The normalized spacial score (nSPS) is 10.9. The molecule has 0 saturated heterocycles. The molecule has 4 nitrogen and oxygen atoms in total. The number of aromatic nitrogens is 3. The highest BCUT2D eigenvalue weighted by atomic mass is 32.1. The SMILES string of the molecule is Fc1cccc(-c2n[nH]c(=S)n2Cc2ccco2)c1F. The molecule has 1 aromatic carbocycles. The Balaban J connectivity index is 2.11. The van der Waals surface area contributed by atoms with Crippen LogP contribution in [-0.4, -0.2) is 14.8 Å². The predicted molar refractivity (Wildman–Crippen MR) is 70.6 cm³/mol. The number of rotatable bonds is 3. The van der Waals surface area contributed by atoms with E-state index in [1.807, 2.05) is 0 Å². The molecule has 0 fully saturated rings. The van der Waals surface area contributed by atoms with Crippen molar-refractivity contribution in [3.63, 3.8) is 0 Å². The van der Waals surface area contributed by atoms with Crippen LogP contribution in [0.15, 0.2) is 41.0 Å². The van der Waals surface area contributed by atoms with E-state index < -0.39 is 11.6 Å². The summed E-state index contributed by atoms with van der Waals surface area (Å²) < 4.78 is 34.3. The molecule has 2 heterocycles. The zero-order chi connectivity index (χ0) is 14.1. The lowest BCUT2D eigenvalue weighted by molar-refractivity contribution is 0.491. The van der Waals surface area contributed by atoms with Crippen molar-refractivity contribution in [1.29, 1.82) is 0 Å². The molecule has 102 valence electrons. The van der Waals surface area contributed by atoms with Crippen LogP contribution in [-0.2, 0) is 6.54 Å². The number of hydrogen-bond acceptors (Lipinski definition) is 3. The number of aromatic amines is 1. The van der Waals surface area contributed by atoms with Crippen molar-refractivity contribution in [3.05, 3.63) is 58.8 Å². The van der Waals surface area contributed by atoms with Crippen molar-refractivity contribution in [3.8, 4) is 11.4 Å². The molecule has 0 aliphatic rings. The maximum atomic E-state index is 13.9. The third kappa shape index (κ3) is 2.16. The molecule has 0 amide bonds. The molecule has 0 atom stereocenters. The van der Waals surface area contributed by atoms with Gasteiger partial charge in [-0.15, -0.1) is 0 Å². The molecule has 1 N–H and O–H groups in total. The van der Waals surface area contributed by atoms with Crippen LogP contribution in [0.25, 0.3) is 11.4 Å². The molecular weight excluding hydrogens is 284 g/mol. The Morgan fingerprint density at radius 1 is 1.25 bits per heavy atom. The van der Waals surface area contributed by atoms with E-state index in [-0.39, 0.29) is 17.9 Å². The number of hydrogen-bond donors (Lipinski definition) is 1. The van der Waals surface area contributed by atoms with Gasteiger partial charge in [-0.3, -0.25) is 9.67 Å². The molecule has 0 saturated carbocycles. The Labute approximate surface area is 117 Å². The van der Waals surface area contributed by atoms with Gasteiger partial charge < -0.3 is 4.42 Å². The second-order valence-corrected chi connectivity index (χ2v) is 4.51. The zero-order valence-corrected chi connectivity index (χ0v) is 11.0. The molecule has 0 spiro atoms. The highest BCUT2D eigenvalue weighted by Gasteiger charge is 2.16. The van der Waals surface area contributed by atoms with Gasteiger partial charge >= 0.3 is 0 Å². The molecule has 0 aliphatic carbocycles. The first-order valence-electron chi connectivity index (χ1n) is 5.79. The summed E-state index contributed by atoms with van der Waals surface area (Å²) in [7, 11) is 0. The average Bonchev–Trinajstić information content (AvgIpc) is 3.06. The Hall–Kier alpha value is -2.28. The van der Waals surface area contributed by atoms with E-state index in [4.69, 9.17) is 16.6 Å². The van der Waals surface area contributed by atoms with Crippen LogP contribution in [0.2, 0.25) is 0 Å². The van der Waals surface area contributed by atoms with Crippen molar-refractivity contribution in [2.45, 2.75) is 6.54 Å². The van der Waals surface area contributed by atoms with Gasteiger partial charge in [-0.1, -0.05) is 6.07 Å². The topological polar surface area (TPSA) is 46.8 Å². The second kappa shape index (κ2) is 5.01. The van der Waals surface area contributed by atoms with Crippen LogP contribution < -0.4 is 0 Å². The summed E-state index contributed by atoms with van der Waals surface area (Å²) >= 11 is 5.11. The first kappa shape index (κ1) is 12.7. The molecule has 3 aromatic rings. The second-order valence-electron chi connectivity index (χ2n) is 4.12. The molecule has 2 aromatic heterocycles. The highest BCUT2D eigenvalue weighted by molar-refractivity contribution is 7.71. The van der Waals surface area contributed by atoms with E-state index in [1.54, 1.807) is 16.7 Å². The first-order chi connectivity index (χ1) is 9.66. The standard InChI is InChI=1S/C13H9F2N3OS/c14-10-5-1-4-9(11(10)15)12-16-17-13(20)18(12)7-8-3-2-6-19-8/h1-6H,7H2,(H,17,20). The summed E-state index contributed by atoms with van der Waals surface area (Å²) in [5, 5.41) is 6.55. The molecule has 20 heavy (non-hydrogen) atoms. The van der Waals surface area contributed by atoms with Crippen molar-refractivity contribution in [1.82, 2.24) is 14.8 Å². The lowest BCUT2D eigenvalue weighted by atomic mass is 10.2. The van der Waals surface area contributed by atoms with Gasteiger partial charge in [0.25, 0.3) is 0 Å². The summed E-state index contributed by atoms with van der Waals surface area (Å²) in [5.41, 5.74) is 0.0453. The summed E-state index contributed by atoms with van der Waals surface area (Å²) in [4.78, 5) is 0. The number of benzene rings is 1. The number of furan rings is 1. The van der Waals surface area contributed by atoms with Crippen LogP contribution in [0.4, 0.5) is 8.78 Å². The summed E-state index contributed by atoms with van der Waals surface area (Å²) in [6.07, 6.45) is 1.53. The fourth-order valence-corrected chi connectivity index (χ4v) is 2.10. The van der Waals surface area contributed by atoms with E-state index >= 15 is 0 Å². The largest absolute Gasteiger partial charge is 0.467 e. The Kier molecular flexibility index (Phi) is 3.19. The van der Waals surface area contributed by atoms with Crippen molar-refractivity contribution >= 4 is 12.2 Å². The van der Waals surface area contributed by atoms with Crippen molar-refractivity contribution in [2.75, 3.05) is 0 Å². The highest BCUT2D eigenvalue weighted by Crippen LogP contribution is 2.23. The van der Waals surface area contributed by atoms with Gasteiger partial charge in [0.2, 0.25) is 0 Å². The van der Waals surface area contributed by atoms with Crippen LogP contribution in [0.3, 0.4) is 0 Å². The van der Waals surface area contributed by atoms with Gasteiger partial charge in [0.05, 0.1) is 18.4 Å². The minimum Gasteiger partial charge on any atom is -0.467 e. The minimum absolute atomic E-state index is 0.0453. The Morgan fingerprint density at radius 3 is 2.85 bits per heavy atom. The average molecular weight is 293 g/mol. The number of halogens is 2. The van der Waals surface area contributed by atoms with Crippen LogP contribution in [0.5, 0.6) is 0 Å². The predicted octanol–water partition coefficient (Wildman–Crippen LogP) is 3.53. The smallest absolute Gasteiger partial charge is 0.195 e. The maximum absolute atomic E-state index is 13.9. The van der Waals surface area contributed by atoms with Crippen LogP contribution in [0, 0.1) is 16.4 Å². The minimum atomic E-state index is -0.956. The molecular formula is C13H9F2N3OS. The molecule has 0 aliphatic heterocycles. The van der Waals surface area contributed by atoms with Crippen molar-refractivity contribution in [2.24, 2.45) is 0 Å². The Bertz CT molecular complexity index is 792. The van der Waals surface area contributed by atoms with E-state index in [9.17, 15) is 8.78 Å². The fraction of sp³-hybridized carbons (Fsp3) is 0.0769. The summed E-state index contributed by atoms with van der Waals surface area (Å²) in [6.45, 7) is 0.285. The maximum Gasteiger partial charge on any atom is 0.195 e. The van der Waals surface area contributed by atoms with Gasteiger partial charge in [-0.25, -0.2) is 8.78 Å². The van der Waals surface area contributed by atoms with Crippen molar-refractivity contribution < 1.29 is 13.2 Å². The monoisotopic (exact) mass is 293 g/mol. The van der Waals surface area contributed by atoms with E-state index in [0.29, 0.717) is 10.5 Å². The summed E-state index contributed by atoms with van der Waals surface area (Å²) in [5.74, 6) is -1.02. The summed E-state index contributed by atoms with van der Waals surface area (Å²) in [6, 6.07) is 7.42. The van der Waals surface area contributed by atoms with Gasteiger partial charge in [0.15, 0.2) is 22.2 Å². The van der Waals surface area contributed by atoms with Gasteiger partial charge in [-0.2, -0.15) is 5.10 Å². The number of nitrogens with zero attached hydrogens (tertiary/aromatic N) is 2. The third-order valence-electron chi connectivity index (χ3n) is 2.84. The van der Waals surface area contributed by atoms with Gasteiger partial charge in [0, 0.05) is 0 Å². The van der Waals surface area contributed by atoms with E-state index in [0.717, 1.165) is 6.07 Å².